The van der Waals surface area contributed by atoms with E-state index < -0.39 is 17.9 Å². The fourth-order valence-corrected chi connectivity index (χ4v) is 1.09. The van der Waals surface area contributed by atoms with Crippen LogP contribution in [0.5, 0.6) is 0 Å². The summed E-state index contributed by atoms with van der Waals surface area (Å²) in [7, 11) is 0. The van der Waals surface area contributed by atoms with Gasteiger partial charge in [0.15, 0.2) is 0 Å². The molecular weight excluding hydrogens is 224 g/mol. The summed E-state index contributed by atoms with van der Waals surface area (Å²) in [5.74, 6) is -1.24. The molecule has 0 heterocycles. The maximum Gasteiger partial charge on any atom is 0.237 e. The van der Waals surface area contributed by atoms with Crippen LogP contribution in [0.2, 0.25) is 0 Å². The van der Waals surface area contributed by atoms with Gasteiger partial charge >= 0.3 is 0 Å². The number of rotatable bonds is 8. The summed E-state index contributed by atoms with van der Waals surface area (Å²) in [6.45, 7) is 2.76. The van der Waals surface area contributed by atoms with Gasteiger partial charge in [0, 0.05) is 19.5 Å². The molecule has 3 amide bonds. The number of nitrogens with two attached hydrogens (primary N) is 2. The first kappa shape index (κ1) is 15.4. The Bertz CT molecular complexity index is 281. The molecule has 7 heteroatoms. The Morgan fingerprint density at radius 2 is 1.82 bits per heavy atom. The largest absolute Gasteiger partial charge is 0.370 e. The van der Waals surface area contributed by atoms with Crippen molar-refractivity contribution in [3.05, 3.63) is 0 Å². The van der Waals surface area contributed by atoms with Crippen LogP contribution in [0.3, 0.4) is 0 Å². The Morgan fingerprint density at radius 1 is 1.18 bits per heavy atom. The predicted octanol–water partition coefficient (Wildman–Crippen LogP) is -1.78. The summed E-state index contributed by atoms with van der Waals surface area (Å²) in [5.41, 5.74) is 10.3. The third kappa shape index (κ3) is 8.21. The maximum atomic E-state index is 11.3. The smallest absolute Gasteiger partial charge is 0.237 e. The van der Waals surface area contributed by atoms with E-state index in [0.717, 1.165) is 6.42 Å². The van der Waals surface area contributed by atoms with Crippen LogP contribution in [0.25, 0.3) is 0 Å². The second kappa shape index (κ2) is 8.51. The fourth-order valence-electron chi connectivity index (χ4n) is 1.09. The number of primary amides is 1. The molecule has 98 valence electrons. The van der Waals surface area contributed by atoms with Crippen molar-refractivity contribution in [2.24, 2.45) is 11.5 Å². The summed E-state index contributed by atoms with van der Waals surface area (Å²) in [5, 5.41) is 5.13. The van der Waals surface area contributed by atoms with Crippen LogP contribution in [0.4, 0.5) is 0 Å². The van der Waals surface area contributed by atoms with E-state index in [1.807, 2.05) is 6.92 Å². The van der Waals surface area contributed by atoms with Gasteiger partial charge < -0.3 is 22.1 Å². The van der Waals surface area contributed by atoms with Gasteiger partial charge in [-0.2, -0.15) is 0 Å². The zero-order chi connectivity index (χ0) is 13.3. The Labute approximate surface area is 100 Å². The highest BCUT2D eigenvalue weighted by molar-refractivity contribution is 5.87. The van der Waals surface area contributed by atoms with Crippen molar-refractivity contribution >= 4 is 17.7 Å². The molecule has 0 spiro atoms. The second-order valence-corrected chi connectivity index (χ2v) is 3.67. The van der Waals surface area contributed by atoms with Crippen molar-refractivity contribution in [2.75, 3.05) is 13.1 Å². The van der Waals surface area contributed by atoms with Crippen molar-refractivity contribution in [3.63, 3.8) is 0 Å². The molecule has 0 aliphatic heterocycles. The number of nitrogens with one attached hydrogen (secondary N) is 2. The molecular formula is C10H20N4O3. The van der Waals surface area contributed by atoms with Crippen molar-refractivity contribution in [1.82, 2.24) is 10.6 Å². The van der Waals surface area contributed by atoms with Gasteiger partial charge in [-0.25, -0.2) is 0 Å². The average molecular weight is 244 g/mol. The lowest BCUT2D eigenvalue weighted by Gasteiger charge is -2.10. The highest BCUT2D eigenvalue weighted by atomic mass is 16.2. The third-order valence-electron chi connectivity index (χ3n) is 1.98. The average Bonchev–Trinajstić information content (AvgIpc) is 2.25. The van der Waals surface area contributed by atoms with Gasteiger partial charge in [-0.15, -0.1) is 0 Å². The molecule has 0 aliphatic rings. The number of hydrogen-bond donors (Lipinski definition) is 4. The van der Waals surface area contributed by atoms with Gasteiger partial charge in [-0.3, -0.25) is 14.4 Å². The first-order valence-electron chi connectivity index (χ1n) is 5.55. The molecule has 0 rings (SSSR count). The summed E-state index contributed by atoms with van der Waals surface area (Å²) < 4.78 is 0. The molecule has 17 heavy (non-hydrogen) atoms. The molecule has 0 radical (unpaired) electrons. The molecule has 0 saturated heterocycles. The van der Waals surface area contributed by atoms with E-state index in [4.69, 9.17) is 11.5 Å². The Kier molecular flexibility index (Phi) is 7.70. The number of amides is 3. The molecule has 0 aliphatic carbocycles. The number of hydrogen-bond acceptors (Lipinski definition) is 4. The van der Waals surface area contributed by atoms with Crippen LogP contribution < -0.4 is 22.1 Å². The minimum atomic E-state index is -0.953. The van der Waals surface area contributed by atoms with Gasteiger partial charge in [0.1, 0.15) is 0 Å². The van der Waals surface area contributed by atoms with E-state index in [1.165, 1.54) is 0 Å². The molecule has 1 unspecified atom stereocenters. The molecule has 0 saturated carbocycles. The minimum Gasteiger partial charge on any atom is -0.370 e. The van der Waals surface area contributed by atoms with Crippen LogP contribution >= 0.6 is 0 Å². The minimum absolute atomic E-state index is 0.129. The number of carbonyl (C=O) groups excluding carboxylic acids is 3. The number of carbonyl (C=O) groups is 3. The van der Waals surface area contributed by atoms with E-state index >= 15 is 0 Å². The zero-order valence-corrected chi connectivity index (χ0v) is 9.99. The highest BCUT2D eigenvalue weighted by Gasteiger charge is 2.15. The quantitative estimate of drug-likeness (QED) is 0.402. The Balaban J connectivity index is 3.70. The summed E-state index contributed by atoms with van der Waals surface area (Å²) in [6, 6.07) is -0.953. The maximum absolute atomic E-state index is 11.3. The highest BCUT2D eigenvalue weighted by Crippen LogP contribution is 1.87. The summed E-state index contributed by atoms with van der Waals surface area (Å²) in [4.78, 5) is 33.0. The summed E-state index contributed by atoms with van der Waals surface area (Å²) in [6.07, 6.45) is 0.852. The molecule has 0 aromatic rings. The predicted molar refractivity (Wildman–Crippen MR) is 62.7 cm³/mol. The van der Waals surface area contributed by atoms with Crippen LogP contribution in [0.15, 0.2) is 0 Å². The molecule has 0 bridgehead atoms. The van der Waals surface area contributed by atoms with Crippen molar-refractivity contribution < 1.29 is 14.4 Å². The molecule has 1 atom stereocenters. The van der Waals surface area contributed by atoms with Crippen LogP contribution in [-0.2, 0) is 14.4 Å². The Hall–Kier alpha value is -1.63. The van der Waals surface area contributed by atoms with E-state index in [1.54, 1.807) is 0 Å². The lowest BCUT2D eigenvalue weighted by Crippen LogP contribution is -2.44. The van der Waals surface area contributed by atoms with Crippen molar-refractivity contribution in [2.45, 2.75) is 32.2 Å². The van der Waals surface area contributed by atoms with Gasteiger partial charge in [-0.05, 0) is 6.42 Å². The Morgan fingerprint density at radius 3 is 2.35 bits per heavy atom. The normalized spacial score (nSPS) is 11.6. The molecule has 0 aromatic carbocycles. The third-order valence-corrected chi connectivity index (χ3v) is 1.98. The topological polar surface area (TPSA) is 127 Å². The van der Waals surface area contributed by atoms with Gasteiger partial charge in [0.05, 0.1) is 12.5 Å². The van der Waals surface area contributed by atoms with Gasteiger partial charge in [0.25, 0.3) is 0 Å². The molecule has 6 N–H and O–H groups in total. The van der Waals surface area contributed by atoms with E-state index in [0.29, 0.717) is 6.54 Å². The lowest BCUT2D eigenvalue weighted by molar-refractivity contribution is -0.126. The first-order chi connectivity index (χ1) is 7.97. The van der Waals surface area contributed by atoms with E-state index in [2.05, 4.69) is 10.6 Å². The molecule has 7 nitrogen and oxygen atoms in total. The first-order valence-corrected chi connectivity index (χ1v) is 5.55. The lowest BCUT2D eigenvalue weighted by atomic mass is 10.2. The van der Waals surface area contributed by atoms with Crippen LogP contribution in [-0.4, -0.2) is 36.9 Å². The van der Waals surface area contributed by atoms with E-state index in [9.17, 15) is 14.4 Å². The zero-order valence-electron chi connectivity index (χ0n) is 9.99. The standard InChI is InChI=1S/C10H20N4O3/c1-2-4-13-9(16)3-5-14-10(17)7(11)6-8(12)15/h7H,2-6,11H2,1H3,(H2,12,15)(H,13,16)(H,14,17). The fraction of sp³-hybridized carbons (Fsp3) is 0.700. The van der Waals surface area contributed by atoms with E-state index in [-0.39, 0.29) is 25.3 Å². The second-order valence-electron chi connectivity index (χ2n) is 3.67. The van der Waals surface area contributed by atoms with Crippen molar-refractivity contribution in [3.8, 4) is 0 Å². The van der Waals surface area contributed by atoms with Gasteiger partial charge in [0.2, 0.25) is 17.7 Å². The SMILES string of the molecule is CCCNC(=O)CCNC(=O)C(N)CC(N)=O. The van der Waals surface area contributed by atoms with Crippen LogP contribution in [0.1, 0.15) is 26.2 Å². The molecule has 0 fully saturated rings. The monoisotopic (exact) mass is 244 g/mol. The molecule has 0 aromatic heterocycles. The van der Waals surface area contributed by atoms with Crippen LogP contribution in [0, 0.1) is 0 Å². The van der Waals surface area contributed by atoms with Gasteiger partial charge in [-0.1, -0.05) is 6.92 Å². The van der Waals surface area contributed by atoms with Crippen molar-refractivity contribution in [1.29, 1.82) is 0 Å². The summed E-state index contributed by atoms with van der Waals surface area (Å²) >= 11 is 0.